The first-order valence-corrected chi connectivity index (χ1v) is 7.51. The van der Waals surface area contributed by atoms with E-state index in [4.69, 9.17) is 10.5 Å². The summed E-state index contributed by atoms with van der Waals surface area (Å²) in [7, 11) is 0. The van der Waals surface area contributed by atoms with E-state index in [1.807, 2.05) is 31.2 Å². The quantitative estimate of drug-likeness (QED) is 0.891. The fourth-order valence-electron chi connectivity index (χ4n) is 2.16. The highest BCUT2D eigenvalue weighted by Crippen LogP contribution is 2.31. The summed E-state index contributed by atoms with van der Waals surface area (Å²) in [6.07, 6.45) is -0.158. The van der Waals surface area contributed by atoms with Gasteiger partial charge in [-0.15, -0.1) is 0 Å². The Balaban J connectivity index is 2.30. The molecule has 0 bridgehead atoms. The molecule has 0 saturated heterocycles. The van der Waals surface area contributed by atoms with Crippen molar-refractivity contribution in [1.82, 2.24) is 0 Å². The zero-order valence-electron chi connectivity index (χ0n) is 12.1. The molecule has 0 aliphatic heterocycles. The third-order valence-corrected chi connectivity index (χ3v) is 3.81. The maximum absolute atomic E-state index is 6.13. The second-order valence-corrected chi connectivity index (χ2v) is 6.10. The molecular formula is C17H20BrNO. The van der Waals surface area contributed by atoms with Crippen LogP contribution in [0.2, 0.25) is 0 Å². The van der Waals surface area contributed by atoms with E-state index in [0.29, 0.717) is 0 Å². The smallest absolute Gasteiger partial charge is 0.139 e. The second-order valence-electron chi connectivity index (χ2n) is 5.25. The number of aryl methyl sites for hydroxylation is 2. The molecule has 0 saturated carbocycles. The SMILES string of the molecule is Cc1cccc(C(Oc2ccc(C)cc2Br)C(C)N)c1. The molecular weight excluding hydrogens is 314 g/mol. The summed E-state index contributed by atoms with van der Waals surface area (Å²) in [6.45, 7) is 6.09. The Kier molecular flexibility index (Phi) is 4.84. The van der Waals surface area contributed by atoms with Crippen LogP contribution in [0.5, 0.6) is 5.75 Å². The Morgan fingerprint density at radius 2 is 1.75 bits per heavy atom. The lowest BCUT2D eigenvalue weighted by Gasteiger charge is -2.24. The molecule has 106 valence electrons. The number of nitrogens with two attached hydrogens (primary N) is 1. The van der Waals surface area contributed by atoms with Crippen molar-refractivity contribution in [3.05, 3.63) is 63.6 Å². The fourth-order valence-corrected chi connectivity index (χ4v) is 2.75. The molecule has 2 aromatic rings. The van der Waals surface area contributed by atoms with Gasteiger partial charge < -0.3 is 10.5 Å². The number of hydrogen-bond donors (Lipinski definition) is 1. The molecule has 2 N–H and O–H groups in total. The summed E-state index contributed by atoms with van der Waals surface area (Å²) < 4.78 is 7.09. The molecule has 0 fully saturated rings. The van der Waals surface area contributed by atoms with Crippen LogP contribution < -0.4 is 10.5 Å². The van der Waals surface area contributed by atoms with Crippen LogP contribution in [0.15, 0.2) is 46.9 Å². The van der Waals surface area contributed by atoms with Crippen LogP contribution >= 0.6 is 15.9 Å². The highest BCUT2D eigenvalue weighted by molar-refractivity contribution is 9.10. The van der Waals surface area contributed by atoms with E-state index in [-0.39, 0.29) is 12.1 Å². The van der Waals surface area contributed by atoms with E-state index < -0.39 is 0 Å². The summed E-state index contributed by atoms with van der Waals surface area (Å²) in [5, 5.41) is 0. The lowest BCUT2D eigenvalue weighted by Crippen LogP contribution is -2.29. The first-order chi connectivity index (χ1) is 9.47. The minimum absolute atomic E-state index is 0.0926. The van der Waals surface area contributed by atoms with E-state index in [0.717, 1.165) is 15.8 Å². The third kappa shape index (κ3) is 3.62. The largest absolute Gasteiger partial charge is 0.483 e. The molecule has 0 heterocycles. The Labute approximate surface area is 129 Å². The van der Waals surface area contributed by atoms with Gasteiger partial charge in [0.2, 0.25) is 0 Å². The first-order valence-electron chi connectivity index (χ1n) is 6.72. The number of halogens is 1. The van der Waals surface area contributed by atoms with Crippen LogP contribution in [0.3, 0.4) is 0 Å². The number of hydrogen-bond acceptors (Lipinski definition) is 2. The molecule has 0 aliphatic rings. The molecule has 2 atom stereocenters. The van der Waals surface area contributed by atoms with E-state index in [1.165, 1.54) is 11.1 Å². The van der Waals surface area contributed by atoms with E-state index in [1.54, 1.807) is 0 Å². The van der Waals surface area contributed by atoms with Gasteiger partial charge in [-0.1, -0.05) is 35.9 Å². The van der Waals surface area contributed by atoms with Gasteiger partial charge in [0.25, 0.3) is 0 Å². The average molecular weight is 334 g/mol. The normalized spacial score (nSPS) is 13.8. The molecule has 0 radical (unpaired) electrons. The van der Waals surface area contributed by atoms with Gasteiger partial charge in [0.15, 0.2) is 0 Å². The monoisotopic (exact) mass is 333 g/mol. The Bertz CT molecular complexity index is 595. The number of ether oxygens (including phenoxy) is 1. The van der Waals surface area contributed by atoms with Crippen LogP contribution in [0.1, 0.15) is 29.7 Å². The van der Waals surface area contributed by atoms with Crippen LogP contribution in [-0.4, -0.2) is 6.04 Å². The average Bonchev–Trinajstić information content (AvgIpc) is 2.37. The molecule has 0 aromatic heterocycles. The minimum atomic E-state index is -0.158. The van der Waals surface area contributed by atoms with Crippen molar-refractivity contribution in [1.29, 1.82) is 0 Å². The molecule has 2 unspecified atom stereocenters. The number of rotatable bonds is 4. The Morgan fingerprint density at radius 3 is 2.35 bits per heavy atom. The molecule has 2 rings (SSSR count). The molecule has 2 nitrogen and oxygen atoms in total. The lowest BCUT2D eigenvalue weighted by molar-refractivity contribution is 0.179. The van der Waals surface area contributed by atoms with Crippen molar-refractivity contribution in [3.63, 3.8) is 0 Å². The molecule has 2 aromatic carbocycles. The van der Waals surface area contributed by atoms with E-state index >= 15 is 0 Å². The van der Waals surface area contributed by atoms with Gasteiger partial charge in [0.05, 0.1) is 4.47 Å². The summed E-state index contributed by atoms with van der Waals surface area (Å²) in [5.74, 6) is 0.819. The van der Waals surface area contributed by atoms with Gasteiger partial charge in [0, 0.05) is 6.04 Å². The van der Waals surface area contributed by atoms with Crippen LogP contribution in [0, 0.1) is 13.8 Å². The van der Waals surface area contributed by atoms with Gasteiger partial charge in [-0.05, 0) is 60.0 Å². The predicted octanol–water partition coefficient (Wildman–Crippen LogP) is 4.53. The second kappa shape index (κ2) is 6.42. The van der Waals surface area contributed by atoms with Gasteiger partial charge in [0.1, 0.15) is 11.9 Å². The lowest BCUT2D eigenvalue weighted by atomic mass is 10.0. The zero-order chi connectivity index (χ0) is 14.7. The maximum Gasteiger partial charge on any atom is 0.139 e. The minimum Gasteiger partial charge on any atom is -0.483 e. The highest BCUT2D eigenvalue weighted by Gasteiger charge is 2.19. The molecule has 0 aliphatic carbocycles. The van der Waals surface area contributed by atoms with Crippen LogP contribution in [0.25, 0.3) is 0 Å². The van der Waals surface area contributed by atoms with Gasteiger partial charge in [-0.3, -0.25) is 0 Å². The predicted molar refractivity (Wildman–Crippen MR) is 87.1 cm³/mol. The van der Waals surface area contributed by atoms with Crippen LogP contribution in [-0.2, 0) is 0 Å². The molecule has 3 heteroatoms. The third-order valence-electron chi connectivity index (χ3n) is 3.19. The highest BCUT2D eigenvalue weighted by atomic mass is 79.9. The fraction of sp³-hybridized carbons (Fsp3) is 0.294. The maximum atomic E-state index is 6.13. The zero-order valence-corrected chi connectivity index (χ0v) is 13.6. The molecule has 0 amide bonds. The Morgan fingerprint density at radius 1 is 1.05 bits per heavy atom. The first kappa shape index (κ1) is 15.1. The summed E-state index contributed by atoms with van der Waals surface area (Å²) >= 11 is 3.55. The van der Waals surface area contributed by atoms with Crippen molar-refractivity contribution in [2.24, 2.45) is 5.73 Å². The summed E-state index contributed by atoms with van der Waals surface area (Å²) in [4.78, 5) is 0. The van der Waals surface area contributed by atoms with Crippen molar-refractivity contribution in [2.45, 2.75) is 32.9 Å². The molecule has 0 spiro atoms. The van der Waals surface area contributed by atoms with Gasteiger partial charge >= 0.3 is 0 Å². The number of benzene rings is 2. The standard InChI is InChI=1S/C17H20BrNO/c1-11-5-4-6-14(9-11)17(13(3)19)20-16-8-7-12(2)10-15(16)18/h4-10,13,17H,19H2,1-3H3. The van der Waals surface area contributed by atoms with Gasteiger partial charge in [-0.25, -0.2) is 0 Å². The van der Waals surface area contributed by atoms with Crippen molar-refractivity contribution in [2.75, 3.05) is 0 Å². The summed E-state index contributed by atoms with van der Waals surface area (Å²) in [5.41, 5.74) is 9.61. The topological polar surface area (TPSA) is 35.2 Å². The van der Waals surface area contributed by atoms with E-state index in [9.17, 15) is 0 Å². The van der Waals surface area contributed by atoms with Crippen molar-refractivity contribution < 1.29 is 4.74 Å². The van der Waals surface area contributed by atoms with Crippen LogP contribution in [0.4, 0.5) is 0 Å². The van der Waals surface area contributed by atoms with Crippen molar-refractivity contribution >= 4 is 15.9 Å². The Hall–Kier alpha value is -1.32. The van der Waals surface area contributed by atoms with Gasteiger partial charge in [-0.2, -0.15) is 0 Å². The summed E-state index contributed by atoms with van der Waals surface area (Å²) in [6, 6.07) is 14.3. The van der Waals surface area contributed by atoms with E-state index in [2.05, 4.69) is 48.0 Å². The van der Waals surface area contributed by atoms with Crippen molar-refractivity contribution in [3.8, 4) is 5.75 Å². The molecule has 20 heavy (non-hydrogen) atoms.